The van der Waals surface area contributed by atoms with Crippen molar-refractivity contribution in [3.63, 3.8) is 0 Å². The monoisotopic (exact) mass is 414 g/mol. The van der Waals surface area contributed by atoms with E-state index in [9.17, 15) is 5.11 Å². The lowest BCUT2D eigenvalue weighted by Crippen LogP contribution is -2.56. The van der Waals surface area contributed by atoms with Crippen molar-refractivity contribution in [2.75, 3.05) is 0 Å². The van der Waals surface area contributed by atoms with E-state index >= 15 is 0 Å². The highest BCUT2D eigenvalue weighted by molar-refractivity contribution is 5.10. The second kappa shape index (κ2) is 8.24. The molecule has 10 atom stereocenters. The van der Waals surface area contributed by atoms with Crippen LogP contribution in [0.2, 0.25) is 0 Å². The van der Waals surface area contributed by atoms with Crippen molar-refractivity contribution in [1.82, 2.24) is 0 Å². The minimum absolute atomic E-state index is 0.0502. The van der Waals surface area contributed by atoms with Crippen LogP contribution in [0.4, 0.5) is 0 Å². The third kappa shape index (κ3) is 3.54. The van der Waals surface area contributed by atoms with E-state index in [1.807, 2.05) is 0 Å². The van der Waals surface area contributed by atoms with Gasteiger partial charge in [-0.2, -0.15) is 0 Å². The molecule has 172 valence electrons. The van der Waals surface area contributed by atoms with Crippen molar-refractivity contribution < 1.29 is 5.11 Å². The smallest absolute Gasteiger partial charge is 0.0568 e. The third-order valence-electron chi connectivity index (χ3n) is 11.7. The molecule has 0 aliphatic heterocycles. The summed E-state index contributed by atoms with van der Waals surface area (Å²) in [6.07, 6.45) is 13.5. The van der Waals surface area contributed by atoms with Crippen molar-refractivity contribution in [3.8, 4) is 0 Å². The van der Waals surface area contributed by atoms with E-state index in [2.05, 4.69) is 48.1 Å². The molecule has 4 rings (SSSR count). The summed E-state index contributed by atoms with van der Waals surface area (Å²) in [5.74, 6) is 6.47. The predicted molar refractivity (Wildman–Crippen MR) is 128 cm³/mol. The summed E-state index contributed by atoms with van der Waals surface area (Å²) in [5, 5.41) is 10.5. The van der Waals surface area contributed by atoms with Gasteiger partial charge in [0.15, 0.2) is 0 Å². The Bertz CT molecular complexity index is 636. The lowest BCUT2D eigenvalue weighted by molar-refractivity contribution is -0.149. The average Bonchev–Trinajstić information content (AvgIpc) is 3.06. The first-order valence-electron chi connectivity index (χ1n) is 13.4. The van der Waals surface area contributed by atoms with Crippen molar-refractivity contribution in [3.05, 3.63) is 12.2 Å². The van der Waals surface area contributed by atoms with E-state index < -0.39 is 0 Å². The number of fused-ring (bicyclic) bond motifs is 5. The molecule has 4 fully saturated rings. The van der Waals surface area contributed by atoms with Crippen LogP contribution in [-0.4, -0.2) is 11.2 Å². The van der Waals surface area contributed by atoms with Gasteiger partial charge < -0.3 is 5.11 Å². The van der Waals surface area contributed by atoms with Gasteiger partial charge in [-0.3, -0.25) is 0 Å². The quantitative estimate of drug-likeness (QED) is 0.454. The van der Waals surface area contributed by atoms with Crippen molar-refractivity contribution in [1.29, 1.82) is 0 Å². The Labute approximate surface area is 187 Å². The molecule has 0 saturated heterocycles. The van der Waals surface area contributed by atoms with Crippen LogP contribution in [-0.2, 0) is 0 Å². The van der Waals surface area contributed by atoms with Crippen molar-refractivity contribution in [2.24, 2.45) is 58.2 Å². The second-order valence-electron chi connectivity index (χ2n) is 13.1. The van der Waals surface area contributed by atoms with Gasteiger partial charge in [-0.25, -0.2) is 0 Å². The molecule has 0 aromatic carbocycles. The summed E-state index contributed by atoms with van der Waals surface area (Å²) >= 11 is 0. The Kier molecular flexibility index (Phi) is 6.28. The summed E-state index contributed by atoms with van der Waals surface area (Å²) in [6.45, 7) is 19.2. The zero-order valence-electron chi connectivity index (χ0n) is 20.9. The molecular weight excluding hydrogens is 364 g/mol. The number of hydrogen-bond donors (Lipinski definition) is 1. The van der Waals surface area contributed by atoms with Crippen LogP contribution in [0, 0.1) is 58.2 Å². The molecule has 0 spiro atoms. The Morgan fingerprint density at radius 1 is 0.900 bits per heavy atom. The maximum atomic E-state index is 10.5. The molecule has 4 aliphatic carbocycles. The van der Waals surface area contributed by atoms with Crippen LogP contribution in [0.1, 0.15) is 106 Å². The molecule has 0 aromatic rings. The minimum Gasteiger partial charge on any atom is -0.393 e. The number of rotatable bonds is 5. The van der Waals surface area contributed by atoms with Gasteiger partial charge in [0.05, 0.1) is 6.10 Å². The fourth-order valence-corrected chi connectivity index (χ4v) is 9.59. The molecule has 4 saturated carbocycles. The van der Waals surface area contributed by atoms with Gasteiger partial charge in [0, 0.05) is 0 Å². The fourth-order valence-electron chi connectivity index (χ4n) is 9.59. The topological polar surface area (TPSA) is 20.2 Å². The Hall–Kier alpha value is -0.300. The Morgan fingerprint density at radius 2 is 1.53 bits per heavy atom. The molecule has 0 amide bonds. The van der Waals surface area contributed by atoms with Crippen LogP contribution in [0.25, 0.3) is 0 Å². The Morgan fingerprint density at radius 3 is 2.23 bits per heavy atom. The molecule has 0 aromatic heterocycles. The first kappa shape index (κ1) is 22.9. The number of aliphatic hydroxyl groups excluding tert-OH is 1. The lowest BCUT2D eigenvalue weighted by Gasteiger charge is -2.62. The first-order chi connectivity index (χ1) is 14.1. The standard InChI is InChI=1S/C29H50O/c1-18(2)19(3)8-9-20(4)23-12-13-25-22-10-11-24-21(5)27(30)15-17-29(24,7)26(22)14-16-28(23,25)6/h18,20-27,30H,3,8-17H2,1-2,4-7H3. The van der Waals surface area contributed by atoms with Crippen LogP contribution < -0.4 is 0 Å². The van der Waals surface area contributed by atoms with E-state index in [4.69, 9.17) is 0 Å². The largest absolute Gasteiger partial charge is 0.393 e. The summed E-state index contributed by atoms with van der Waals surface area (Å²) in [5.41, 5.74) is 2.51. The fraction of sp³-hybridized carbons (Fsp3) is 0.931. The molecular formula is C29H50O. The van der Waals surface area contributed by atoms with Gasteiger partial charge in [0.25, 0.3) is 0 Å². The van der Waals surface area contributed by atoms with Gasteiger partial charge >= 0.3 is 0 Å². The highest BCUT2D eigenvalue weighted by atomic mass is 16.3. The van der Waals surface area contributed by atoms with E-state index in [0.717, 1.165) is 41.9 Å². The zero-order valence-corrected chi connectivity index (χ0v) is 20.9. The van der Waals surface area contributed by atoms with E-state index in [1.165, 1.54) is 63.4 Å². The van der Waals surface area contributed by atoms with Crippen LogP contribution in [0.15, 0.2) is 12.2 Å². The maximum Gasteiger partial charge on any atom is 0.0568 e. The SMILES string of the molecule is C=C(CCC(C)C1CCC2C3CCC4C(C)C(O)CCC4(C)C3CCC12C)C(C)C. The molecule has 30 heavy (non-hydrogen) atoms. The van der Waals surface area contributed by atoms with Gasteiger partial charge in [0.1, 0.15) is 0 Å². The minimum atomic E-state index is -0.0502. The van der Waals surface area contributed by atoms with Crippen LogP contribution >= 0.6 is 0 Å². The van der Waals surface area contributed by atoms with Crippen LogP contribution in [0.3, 0.4) is 0 Å². The van der Waals surface area contributed by atoms with Crippen LogP contribution in [0.5, 0.6) is 0 Å². The van der Waals surface area contributed by atoms with Gasteiger partial charge in [-0.15, -0.1) is 0 Å². The third-order valence-corrected chi connectivity index (χ3v) is 11.7. The van der Waals surface area contributed by atoms with Gasteiger partial charge in [0.2, 0.25) is 0 Å². The number of aliphatic hydroxyl groups is 1. The summed E-state index contributed by atoms with van der Waals surface area (Å²) in [4.78, 5) is 0. The summed E-state index contributed by atoms with van der Waals surface area (Å²) in [6, 6.07) is 0. The van der Waals surface area contributed by atoms with E-state index in [1.54, 1.807) is 0 Å². The predicted octanol–water partition coefficient (Wildman–Crippen LogP) is 7.88. The second-order valence-corrected chi connectivity index (χ2v) is 13.1. The van der Waals surface area contributed by atoms with Gasteiger partial charge in [-0.05, 0) is 122 Å². The summed E-state index contributed by atoms with van der Waals surface area (Å²) < 4.78 is 0. The molecule has 10 unspecified atom stereocenters. The lowest BCUT2D eigenvalue weighted by atomic mass is 9.43. The van der Waals surface area contributed by atoms with Crippen molar-refractivity contribution >= 4 is 0 Å². The molecule has 0 radical (unpaired) electrons. The number of hydrogen-bond acceptors (Lipinski definition) is 1. The maximum absolute atomic E-state index is 10.5. The molecule has 1 N–H and O–H groups in total. The highest BCUT2D eigenvalue weighted by Crippen LogP contribution is 2.68. The van der Waals surface area contributed by atoms with Crippen molar-refractivity contribution in [2.45, 2.75) is 112 Å². The van der Waals surface area contributed by atoms with Gasteiger partial charge in [-0.1, -0.05) is 53.7 Å². The zero-order chi connectivity index (χ0) is 21.8. The van der Waals surface area contributed by atoms with E-state index in [-0.39, 0.29) is 6.10 Å². The molecule has 0 heterocycles. The average molecular weight is 415 g/mol. The molecule has 0 bridgehead atoms. The first-order valence-corrected chi connectivity index (χ1v) is 13.4. The molecule has 1 heteroatoms. The number of allylic oxidation sites excluding steroid dienone is 1. The Balaban J connectivity index is 1.48. The van der Waals surface area contributed by atoms with E-state index in [0.29, 0.717) is 22.7 Å². The molecule has 1 nitrogen and oxygen atoms in total. The highest BCUT2D eigenvalue weighted by Gasteiger charge is 2.61. The summed E-state index contributed by atoms with van der Waals surface area (Å²) in [7, 11) is 0. The normalized spacial score (nSPS) is 49.3. The molecule has 4 aliphatic rings.